The van der Waals surface area contributed by atoms with E-state index in [-0.39, 0.29) is 35.4 Å². The molecule has 0 saturated carbocycles. The number of nitrogens with one attached hydrogen (secondary N) is 1. The Bertz CT molecular complexity index is 1170. The zero-order valence-electron chi connectivity index (χ0n) is 17.3. The lowest BCUT2D eigenvalue weighted by molar-refractivity contribution is -0.122. The van der Waals surface area contributed by atoms with Crippen molar-refractivity contribution in [3.8, 4) is 5.75 Å². The molecule has 2 aromatic carbocycles. The normalized spacial score (nSPS) is 14.9. The van der Waals surface area contributed by atoms with E-state index in [0.29, 0.717) is 11.1 Å². The molecule has 0 aliphatic carbocycles. The van der Waals surface area contributed by atoms with Gasteiger partial charge in [0.1, 0.15) is 10.6 Å². The molecule has 2 aromatic rings. The average molecular weight is 507 g/mol. The van der Waals surface area contributed by atoms with Gasteiger partial charge in [-0.15, -0.1) is 4.40 Å². The number of carbonyl (C=O) groups is 1. The summed E-state index contributed by atoms with van der Waals surface area (Å²) in [5.74, 6) is -0.0589. The van der Waals surface area contributed by atoms with E-state index in [4.69, 9.17) is 0 Å². The van der Waals surface area contributed by atoms with Crippen LogP contribution in [-0.2, 0) is 14.8 Å². The number of halogens is 1. The molecular weight excluding hydrogens is 484 g/mol. The molecule has 1 amide bonds. The maximum absolute atomic E-state index is 12.5. The lowest BCUT2D eigenvalue weighted by atomic mass is 10.1. The van der Waals surface area contributed by atoms with Crippen LogP contribution in [0, 0.1) is 0 Å². The van der Waals surface area contributed by atoms with Crippen molar-refractivity contribution in [1.82, 2.24) is 10.3 Å². The number of nitrogens with zero attached hydrogens (tertiary/aromatic N) is 3. The third-order valence-electron chi connectivity index (χ3n) is 4.25. The molecule has 164 valence electrons. The van der Waals surface area contributed by atoms with Gasteiger partial charge in [0.05, 0.1) is 12.8 Å². The van der Waals surface area contributed by atoms with Crippen molar-refractivity contribution in [2.45, 2.75) is 37.6 Å². The third-order valence-corrected chi connectivity index (χ3v) is 6.07. The van der Waals surface area contributed by atoms with Gasteiger partial charge >= 0.3 is 0 Å². The molecule has 1 aliphatic rings. The second-order valence-corrected chi connectivity index (χ2v) is 10.5. The van der Waals surface area contributed by atoms with Crippen LogP contribution in [0.15, 0.2) is 61.3 Å². The second kappa shape index (κ2) is 8.80. The Hall–Kier alpha value is -2.72. The van der Waals surface area contributed by atoms with Gasteiger partial charge in [0, 0.05) is 27.6 Å². The lowest BCUT2D eigenvalue weighted by Gasteiger charge is -2.22. The molecule has 0 fully saturated rings. The predicted molar refractivity (Wildman–Crippen MR) is 123 cm³/mol. The van der Waals surface area contributed by atoms with E-state index in [1.807, 2.05) is 20.8 Å². The number of phenolic OH excluding ortho intramolecular Hbond substituents is 1. The highest BCUT2D eigenvalue weighted by atomic mass is 79.9. The zero-order chi connectivity index (χ0) is 22.8. The van der Waals surface area contributed by atoms with Gasteiger partial charge in [-0.05, 0) is 51.1 Å². The summed E-state index contributed by atoms with van der Waals surface area (Å²) in [6, 6.07) is 11.3. The predicted octanol–water partition coefficient (Wildman–Crippen LogP) is 3.24. The second-order valence-electron chi connectivity index (χ2n) is 8.01. The highest BCUT2D eigenvalue weighted by molar-refractivity contribution is 9.10. The number of hydrogen-bond acceptors (Lipinski definition) is 6. The molecule has 0 bridgehead atoms. The van der Waals surface area contributed by atoms with Crippen LogP contribution in [0.2, 0.25) is 0 Å². The van der Waals surface area contributed by atoms with Crippen LogP contribution >= 0.6 is 15.9 Å². The summed E-state index contributed by atoms with van der Waals surface area (Å²) < 4.78 is 29.6. The number of benzene rings is 2. The third kappa shape index (κ3) is 5.71. The average Bonchev–Trinajstić information content (AvgIpc) is 2.94. The smallest absolute Gasteiger partial charge is 0.285 e. The zero-order valence-corrected chi connectivity index (χ0v) is 19.7. The number of hydrogen-bond donors (Lipinski definition) is 2. The number of aromatic hydroxyl groups is 1. The largest absolute Gasteiger partial charge is 0.507 e. The maximum Gasteiger partial charge on any atom is 0.285 e. The van der Waals surface area contributed by atoms with Gasteiger partial charge < -0.3 is 10.4 Å². The summed E-state index contributed by atoms with van der Waals surface area (Å²) in [7, 11) is -3.85. The molecule has 0 atom stereocenters. The molecule has 0 saturated heterocycles. The summed E-state index contributed by atoms with van der Waals surface area (Å²) in [6.45, 7) is 5.72. The Morgan fingerprint density at radius 2 is 1.97 bits per heavy atom. The molecule has 2 N–H and O–H groups in total. The minimum Gasteiger partial charge on any atom is -0.507 e. The van der Waals surface area contributed by atoms with Gasteiger partial charge in [0.2, 0.25) is 5.91 Å². The van der Waals surface area contributed by atoms with Crippen LogP contribution in [-0.4, -0.2) is 48.6 Å². The number of sulfonamides is 1. The van der Waals surface area contributed by atoms with E-state index < -0.39 is 15.6 Å². The SMILES string of the molecule is CC(C)(C)NC(=O)CCN(/N=C\c1cc(Br)ccc1O)C1=NS(=O)(=O)c2ccccc21. The van der Waals surface area contributed by atoms with Crippen LogP contribution < -0.4 is 5.32 Å². The van der Waals surface area contributed by atoms with Gasteiger partial charge in [-0.1, -0.05) is 28.1 Å². The number of hydrazone groups is 1. The van der Waals surface area contributed by atoms with Crippen LogP contribution in [0.3, 0.4) is 0 Å². The Morgan fingerprint density at radius 3 is 2.68 bits per heavy atom. The molecule has 1 heterocycles. The van der Waals surface area contributed by atoms with Crippen molar-refractivity contribution in [3.05, 3.63) is 58.1 Å². The Labute approximate surface area is 189 Å². The monoisotopic (exact) mass is 506 g/mol. The number of amidine groups is 1. The van der Waals surface area contributed by atoms with E-state index in [1.165, 1.54) is 23.4 Å². The van der Waals surface area contributed by atoms with Crippen molar-refractivity contribution >= 4 is 43.9 Å². The maximum atomic E-state index is 12.5. The number of amides is 1. The van der Waals surface area contributed by atoms with Crippen LogP contribution in [0.25, 0.3) is 0 Å². The van der Waals surface area contributed by atoms with Crippen molar-refractivity contribution in [1.29, 1.82) is 0 Å². The van der Waals surface area contributed by atoms with Crippen molar-refractivity contribution in [3.63, 3.8) is 0 Å². The standard InChI is InChI=1S/C21H23BrN4O4S/c1-21(2,3)24-19(28)10-11-26(23-13-14-12-15(22)8-9-17(14)27)20-16-6-4-5-7-18(16)31(29,30)25-20/h4-9,12-13,27H,10-11H2,1-3H3,(H,24,28)/b23-13-. The molecule has 3 rings (SSSR count). The number of phenols is 1. The molecule has 0 unspecified atom stereocenters. The molecule has 0 spiro atoms. The summed E-state index contributed by atoms with van der Waals surface area (Å²) in [5, 5.41) is 18.7. The van der Waals surface area contributed by atoms with E-state index in [2.05, 4.69) is 30.7 Å². The summed E-state index contributed by atoms with van der Waals surface area (Å²) in [4.78, 5) is 12.4. The number of fused-ring (bicyclic) bond motifs is 1. The fourth-order valence-electron chi connectivity index (χ4n) is 2.94. The summed E-state index contributed by atoms with van der Waals surface area (Å²) >= 11 is 3.34. The minimum atomic E-state index is -3.85. The fraction of sp³-hybridized carbons (Fsp3) is 0.286. The van der Waals surface area contributed by atoms with E-state index in [9.17, 15) is 18.3 Å². The van der Waals surface area contributed by atoms with Gasteiger partial charge in [-0.25, -0.2) is 5.01 Å². The molecule has 0 aromatic heterocycles. The summed E-state index contributed by atoms with van der Waals surface area (Å²) in [6.07, 6.45) is 1.47. The quantitative estimate of drug-likeness (QED) is 0.477. The Kier molecular flexibility index (Phi) is 6.51. The molecule has 10 heteroatoms. The van der Waals surface area contributed by atoms with E-state index in [0.717, 1.165) is 4.47 Å². The van der Waals surface area contributed by atoms with Crippen molar-refractivity contribution in [2.24, 2.45) is 9.50 Å². The highest BCUT2D eigenvalue weighted by Crippen LogP contribution is 2.28. The van der Waals surface area contributed by atoms with Crippen LogP contribution in [0.4, 0.5) is 0 Å². The topological polar surface area (TPSA) is 111 Å². The molecular formula is C21H23BrN4O4S. The fourth-order valence-corrected chi connectivity index (χ4v) is 4.53. The van der Waals surface area contributed by atoms with Gasteiger partial charge in [-0.2, -0.15) is 13.5 Å². The molecule has 8 nitrogen and oxygen atoms in total. The van der Waals surface area contributed by atoms with Crippen molar-refractivity contribution < 1.29 is 18.3 Å². The summed E-state index contributed by atoms with van der Waals surface area (Å²) in [5.41, 5.74) is 0.441. The van der Waals surface area contributed by atoms with Crippen molar-refractivity contribution in [2.75, 3.05) is 6.54 Å². The van der Waals surface area contributed by atoms with E-state index >= 15 is 0 Å². The molecule has 0 radical (unpaired) electrons. The van der Waals surface area contributed by atoms with Gasteiger partial charge in [0.25, 0.3) is 10.0 Å². The van der Waals surface area contributed by atoms with E-state index in [1.54, 1.807) is 30.3 Å². The Morgan fingerprint density at radius 1 is 1.26 bits per heavy atom. The highest BCUT2D eigenvalue weighted by Gasteiger charge is 2.32. The minimum absolute atomic E-state index is 0.0127. The van der Waals surface area contributed by atoms with Crippen LogP contribution in [0.1, 0.15) is 38.3 Å². The Balaban J connectivity index is 1.94. The first kappa shape index (κ1) is 23.0. The lowest BCUT2D eigenvalue weighted by Crippen LogP contribution is -2.42. The first-order chi connectivity index (χ1) is 14.5. The molecule has 31 heavy (non-hydrogen) atoms. The first-order valence-electron chi connectivity index (χ1n) is 9.52. The number of carbonyl (C=O) groups excluding carboxylic acids is 1. The van der Waals surface area contributed by atoms with Gasteiger partial charge in [-0.3, -0.25) is 4.79 Å². The van der Waals surface area contributed by atoms with Gasteiger partial charge in [0.15, 0.2) is 5.84 Å². The first-order valence-corrected chi connectivity index (χ1v) is 11.7. The number of rotatable bonds is 5. The molecule has 1 aliphatic heterocycles. The van der Waals surface area contributed by atoms with Crippen LogP contribution in [0.5, 0.6) is 5.75 Å².